The Bertz CT molecular complexity index is 611. The summed E-state index contributed by atoms with van der Waals surface area (Å²) in [7, 11) is 0. The number of benzene rings is 1. The topological polar surface area (TPSA) is 69.7 Å². The van der Waals surface area contributed by atoms with Gasteiger partial charge in [0.1, 0.15) is 0 Å². The molecule has 0 unspecified atom stereocenters. The second-order valence-corrected chi connectivity index (χ2v) is 5.51. The van der Waals surface area contributed by atoms with Gasteiger partial charge in [-0.05, 0) is 45.9 Å². The Balaban J connectivity index is 3.00. The Kier molecular flexibility index (Phi) is 7.71. The van der Waals surface area contributed by atoms with Crippen LogP contribution in [0, 0.1) is 0 Å². The minimum atomic E-state index is -0.770. The maximum atomic E-state index is 12.4. The van der Waals surface area contributed by atoms with E-state index in [2.05, 4.69) is 5.32 Å². The third-order valence-corrected chi connectivity index (χ3v) is 4.09. The van der Waals surface area contributed by atoms with Gasteiger partial charge in [0.15, 0.2) is 0 Å². The molecule has 1 rings (SSSR count). The molecule has 132 valence electrons. The molecule has 0 heterocycles. The number of nitrogens with zero attached hydrogens (tertiary/aromatic N) is 2. The lowest BCUT2D eigenvalue weighted by atomic mass is 10.1. The van der Waals surface area contributed by atoms with E-state index in [1.165, 1.54) is 17.0 Å². The van der Waals surface area contributed by atoms with Gasteiger partial charge in [-0.15, -0.1) is 0 Å². The molecule has 0 aliphatic heterocycles. The van der Waals surface area contributed by atoms with E-state index in [1.54, 1.807) is 24.8 Å². The minimum absolute atomic E-state index is 0.151. The van der Waals surface area contributed by atoms with Crippen molar-refractivity contribution in [3.05, 3.63) is 28.8 Å². The second-order valence-electron chi connectivity index (χ2n) is 5.10. The van der Waals surface area contributed by atoms with Crippen molar-refractivity contribution >= 4 is 35.0 Å². The predicted octanol–water partition coefficient (Wildman–Crippen LogP) is 2.63. The van der Waals surface area contributed by atoms with Crippen molar-refractivity contribution < 1.29 is 14.4 Å². The highest BCUT2D eigenvalue weighted by Crippen LogP contribution is 2.24. The number of carbonyl (C=O) groups excluding carboxylic acids is 3. The summed E-state index contributed by atoms with van der Waals surface area (Å²) in [5.41, 5.74) is 0.661. The molecular weight excluding hydrogens is 330 g/mol. The van der Waals surface area contributed by atoms with Crippen LogP contribution in [0.15, 0.2) is 18.2 Å². The van der Waals surface area contributed by atoms with Crippen molar-refractivity contribution in [3.8, 4) is 0 Å². The molecule has 0 fully saturated rings. The Morgan fingerprint density at radius 1 is 0.958 bits per heavy atom. The Morgan fingerprint density at radius 3 is 2.00 bits per heavy atom. The van der Waals surface area contributed by atoms with E-state index in [0.29, 0.717) is 31.7 Å². The zero-order valence-electron chi connectivity index (χ0n) is 14.6. The molecule has 0 radical (unpaired) electrons. The van der Waals surface area contributed by atoms with Crippen molar-refractivity contribution in [2.45, 2.75) is 27.7 Å². The van der Waals surface area contributed by atoms with Crippen LogP contribution in [0.4, 0.5) is 5.69 Å². The summed E-state index contributed by atoms with van der Waals surface area (Å²) >= 11 is 6.08. The van der Waals surface area contributed by atoms with Crippen LogP contribution in [0.1, 0.15) is 38.1 Å². The first-order chi connectivity index (χ1) is 11.4. The van der Waals surface area contributed by atoms with Crippen molar-refractivity contribution in [2.75, 3.05) is 31.5 Å². The summed E-state index contributed by atoms with van der Waals surface area (Å²) in [6, 6.07) is 4.64. The molecule has 0 aliphatic rings. The van der Waals surface area contributed by atoms with Gasteiger partial charge in [0, 0.05) is 31.7 Å². The lowest BCUT2D eigenvalue weighted by Crippen LogP contribution is -2.39. The van der Waals surface area contributed by atoms with Crippen LogP contribution in [0.25, 0.3) is 0 Å². The first-order valence-electron chi connectivity index (χ1n) is 8.08. The van der Waals surface area contributed by atoms with Gasteiger partial charge in [-0.25, -0.2) is 0 Å². The highest BCUT2D eigenvalue weighted by Gasteiger charge is 2.21. The lowest BCUT2D eigenvalue weighted by Gasteiger charge is -2.20. The summed E-state index contributed by atoms with van der Waals surface area (Å²) < 4.78 is 0. The Morgan fingerprint density at radius 2 is 1.50 bits per heavy atom. The van der Waals surface area contributed by atoms with E-state index in [0.717, 1.165) is 0 Å². The van der Waals surface area contributed by atoms with Crippen LogP contribution in [-0.2, 0) is 9.59 Å². The smallest absolute Gasteiger partial charge is 0.313 e. The number of hydrogen-bond acceptors (Lipinski definition) is 3. The van der Waals surface area contributed by atoms with E-state index < -0.39 is 11.8 Å². The normalized spacial score (nSPS) is 10.2. The fourth-order valence-corrected chi connectivity index (χ4v) is 2.44. The van der Waals surface area contributed by atoms with E-state index >= 15 is 0 Å². The number of carbonyl (C=O) groups is 3. The molecule has 1 aromatic rings. The molecule has 0 saturated heterocycles. The van der Waals surface area contributed by atoms with Crippen LogP contribution >= 0.6 is 11.6 Å². The third kappa shape index (κ3) is 4.71. The quantitative estimate of drug-likeness (QED) is 0.799. The number of amides is 3. The van der Waals surface area contributed by atoms with Crippen LogP contribution in [0.3, 0.4) is 0 Å². The number of likely N-dealkylation sites (N-methyl/N-ethyl adjacent to an activating group) is 1. The Hall–Kier alpha value is -2.08. The lowest BCUT2D eigenvalue weighted by molar-refractivity contribution is -0.142. The molecule has 0 atom stereocenters. The maximum absolute atomic E-state index is 12.4. The van der Waals surface area contributed by atoms with Crippen LogP contribution in [0.2, 0.25) is 5.02 Å². The number of nitrogens with one attached hydrogen (secondary N) is 1. The van der Waals surface area contributed by atoms with Gasteiger partial charge in [-0.1, -0.05) is 11.6 Å². The third-order valence-electron chi connectivity index (χ3n) is 3.76. The molecule has 6 nitrogen and oxygen atoms in total. The molecule has 0 spiro atoms. The van der Waals surface area contributed by atoms with Gasteiger partial charge >= 0.3 is 11.8 Å². The number of halogens is 1. The molecule has 1 N–H and O–H groups in total. The van der Waals surface area contributed by atoms with Crippen LogP contribution in [0.5, 0.6) is 0 Å². The molecule has 1 aromatic carbocycles. The molecule has 3 amide bonds. The van der Waals surface area contributed by atoms with Gasteiger partial charge in [-0.2, -0.15) is 0 Å². The molecule has 7 heteroatoms. The molecule has 0 aromatic heterocycles. The SMILES string of the molecule is CCN(CC)C(=O)C(=O)Nc1cc(C(=O)N(CC)CC)ccc1Cl. The van der Waals surface area contributed by atoms with E-state index in [-0.39, 0.29) is 16.6 Å². The Labute approximate surface area is 147 Å². The summed E-state index contributed by atoms with van der Waals surface area (Å²) in [6.07, 6.45) is 0. The predicted molar refractivity (Wildman–Crippen MR) is 95.3 cm³/mol. The van der Waals surface area contributed by atoms with Crippen molar-refractivity contribution in [2.24, 2.45) is 0 Å². The highest BCUT2D eigenvalue weighted by atomic mass is 35.5. The second kappa shape index (κ2) is 9.27. The standard InChI is InChI=1S/C17H24ClN3O3/c1-5-20(6-2)16(23)12-9-10-13(18)14(11-12)19-15(22)17(24)21(7-3)8-4/h9-11H,5-8H2,1-4H3,(H,19,22). The molecule has 0 bridgehead atoms. The van der Waals surface area contributed by atoms with Crippen molar-refractivity contribution in [1.29, 1.82) is 0 Å². The first-order valence-corrected chi connectivity index (χ1v) is 8.46. The maximum Gasteiger partial charge on any atom is 0.313 e. The molecule has 24 heavy (non-hydrogen) atoms. The van der Waals surface area contributed by atoms with Crippen LogP contribution in [-0.4, -0.2) is 53.7 Å². The van der Waals surface area contributed by atoms with Gasteiger partial charge in [0.2, 0.25) is 0 Å². The number of anilines is 1. The number of hydrogen-bond donors (Lipinski definition) is 1. The van der Waals surface area contributed by atoms with Gasteiger partial charge in [0.25, 0.3) is 5.91 Å². The fraction of sp³-hybridized carbons (Fsp3) is 0.471. The average Bonchev–Trinajstić information content (AvgIpc) is 2.58. The number of rotatable bonds is 6. The fourth-order valence-electron chi connectivity index (χ4n) is 2.28. The summed E-state index contributed by atoms with van der Waals surface area (Å²) in [5, 5.41) is 2.77. The summed E-state index contributed by atoms with van der Waals surface area (Å²) in [6.45, 7) is 9.43. The largest absolute Gasteiger partial charge is 0.339 e. The van der Waals surface area contributed by atoms with Crippen molar-refractivity contribution in [3.63, 3.8) is 0 Å². The van der Waals surface area contributed by atoms with Crippen LogP contribution < -0.4 is 5.32 Å². The van der Waals surface area contributed by atoms with E-state index in [9.17, 15) is 14.4 Å². The van der Waals surface area contributed by atoms with Gasteiger partial charge < -0.3 is 15.1 Å². The highest BCUT2D eigenvalue weighted by molar-refractivity contribution is 6.41. The zero-order valence-corrected chi connectivity index (χ0v) is 15.3. The van der Waals surface area contributed by atoms with E-state index in [1.807, 2.05) is 13.8 Å². The molecule has 0 saturated carbocycles. The van der Waals surface area contributed by atoms with Gasteiger partial charge in [-0.3, -0.25) is 14.4 Å². The monoisotopic (exact) mass is 353 g/mol. The average molecular weight is 354 g/mol. The molecular formula is C17H24ClN3O3. The molecule has 0 aliphatic carbocycles. The summed E-state index contributed by atoms with van der Waals surface area (Å²) in [4.78, 5) is 39.6. The first kappa shape index (κ1) is 20.0. The minimum Gasteiger partial charge on any atom is -0.339 e. The van der Waals surface area contributed by atoms with E-state index in [4.69, 9.17) is 11.6 Å². The summed E-state index contributed by atoms with van der Waals surface area (Å²) in [5.74, 6) is -1.55. The van der Waals surface area contributed by atoms with Gasteiger partial charge in [0.05, 0.1) is 10.7 Å². The zero-order chi connectivity index (χ0) is 18.3. The van der Waals surface area contributed by atoms with Crippen molar-refractivity contribution in [1.82, 2.24) is 9.80 Å².